The van der Waals surface area contributed by atoms with E-state index in [1.165, 1.54) is 11.1 Å². The fourth-order valence-corrected chi connectivity index (χ4v) is 3.91. The van der Waals surface area contributed by atoms with Crippen LogP contribution in [0.1, 0.15) is 35.4 Å². The molecular weight excluding hydrogens is 336 g/mol. The van der Waals surface area contributed by atoms with E-state index in [4.69, 9.17) is 4.74 Å². The van der Waals surface area contributed by atoms with Crippen molar-refractivity contribution in [1.29, 1.82) is 0 Å². The molecule has 2 aromatic rings. The van der Waals surface area contributed by atoms with Crippen LogP contribution in [0.2, 0.25) is 19.6 Å². The lowest BCUT2D eigenvalue weighted by molar-refractivity contribution is -0.144. The first-order valence-corrected chi connectivity index (χ1v) is 12.8. The Bertz CT molecular complexity index is 822. The van der Waals surface area contributed by atoms with Gasteiger partial charge in [-0.25, -0.2) is 0 Å². The molecule has 0 aliphatic heterocycles. The zero-order chi connectivity index (χ0) is 18.7. The van der Waals surface area contributed by atoms with Gasteiger partial charge in [0.25, 0.3) is 0 Å². The standard InChI is InChI=1S/C23H26O2Si/c1-5-25-23(24)22-20(18-9-7-6-8-10-18)21(22)19-13-11-17(12-14-19)15-16-26(2,3)4/h6-14,20-22H,5H2,1-4H3. The van der Waals surface area contributed by atoms with E-state index >= 15 is 0 Å². The summed E-state index contributed by atoms with van der Waals surface area (Å²) < 4.78 is 5.31. The fourth-order valence-electron chi connectivity index (χ4n) is 3.40. The molecule has 134 valence electrons. The second kappa shape index (κ2) is 7.51. The summed E-state index contributed by atoms with van der Waals surface area (Å²) in [5.74, 6) is 3.51. The SMILES string of the molecule is CCOC(=O)C1C(c2ccccc2)C1c1ccc(C#C[Si](C)(C)C)cc1. The molecule has 0 aromatic heterocycles. The molecule has 2 aromatic carbocycles. The highest BCUT2D eigenvalue weighted by Gasteiger charge is 2.56. The third kappa shape index (κ3) is 4.26. The second-order valence-electron chi connectivity index (χ2n) is 7.86. The van der Waals surface area contributed by atoms with E-state index in [9.17, 15) is 4.79 Å². The molecule has 3 heteroatoms. The van der Waals surface area contributed by atoms with Gasteiger partial charge in [-0.1, -0.05) is 68.0 Å². The molecule has 1 aliphatic carbocycles. The van der Waals surface area contributed by atoms with Gasteiger partial charge in [-0.05, 0) is 30.2 Å². The van der Waals surface area contributed by atoms with Crippen molar-refractivity contribution in [3.63, 3.8) is 0 Å². The second-order valence-corrected chi connectivity index (χ2v) is 12.6. The van der Waals surface area contributed by atoms with Crippen molar-refractivity contribution in [2.75, 3.05) is 6.61 Å². The smallest absolute Gasteiger partial charge is 0.310 e. The van der Waals surface area contributed by atoms with Gasteiger partial charge in [-0.2, -0.15) is 0 Å². The van der Waals surface area contributed by atoms with Gasteiger partial charge in [0, 0.05) is 17.4 Å². The van der Waals surface area contributed by atoms with E-state index in [1.54, 1.807) is 0 Å². The average molecular weight is 363 g/mol. The molecule has 0 heterocycles. The van der Waals surface area contributed by atoms with E-state index in [0.717, 1.165) is 5.56 Å². The third-order valence-electron chi connectivity index (χ3n) is 4.64. The lowest BCUT2D eigenvalue weighted by Crippen LogP contribution is -2.16. The maximum Gasteiger partial charge on any atom is 0.310 e. The summed E-state index contributed by atoms with van der Waals surface area (Å²) in [4.78, 5) is 12.4. The van der Waals surface area contributed by atoms with Gasteiger partial charge in [-0.3, -0.25) is 4.79 Å². The summed E-state index contributed by atoms with van der Waals surface area (Å²) in [6.45, 7) is 9.01. The Kier molecular flexibility index (Phi) is 5.34. The van der Waals surface area contributed by atoms with Crippen LogP contribution in [0.25, 0.3) is 0 Å². The summed E-state index contributed by atoms with van der Waals surface area (Å²) >= 11 is 0. The summed E-state index contributed by atoms with van der Waals surface area (Å²) in [5.41, 5.74) is 6.83. The molecule has 1 fully saturated rings. The molecule has 1 saturated carbocycles. The molecule has 3 unspecified atom stereocenters. The van der Waals surface area contributed by atoms with Crippen molar-refractivity contribution < 1.29 is 9.53 Å². The Morgan fingerprint density at radius 2 is 1.54 bits per heavy atom. The number of esters is 1. The van der Waals surface area contributed by atoms with Crippen LogP contribution in [0.15, 0.2) is 54.6 Å². The van der Waals surface area contributed by atoms with Gasteiger partial charge < -0.3 is 4.74 Å². The highest BCUT2D eigenvalue weighted by Crippen LogP contribution is 2.60. The average Bonchev–Trinajstić information content (AvgIpc) is 3.36. The zero-order valence-corrected chi connectivity index (χ0v) is 17.0. The van der Waals surface area contributed by atoms with Crippen LogP contribution in [0.5, 0.6) is 0 Å². The highest BCUT2D eigenvalue weighted by atomic mass is 28.3. The van der Waals surface area contributed by atoms with Crippen LogP contribution in [0, 0.1) is 17.4 Å². The van der Waals surface area contributed by atoms with Crippen LogP contribution < -0.4 is 0 Å². The first kappa shape index (κ1) is 18.5. The summed E-state index contributed by atoms with van der Waals surface area (Å²) in [6.07, 6.45) is 0. The fraction of sp³-hybridized carbons (Fsp3) is 0.348. The van der Waals surface area contributed by atoms with Gasteiger partial charge in [0.2, 0.25) is 0 Å². The summed E-state index contributed by atoms with van der Waals surface area (Å²) in [6, 6.07) is 18.7. The number of rotatable bonds is 4. The Hall–Kier alpha value is -2.31. The lowest BCUT2D eigenvalue weighted by Gasteiger charge is -2.04. The monoisotopic (exact) mass is 362 g/mol. The summed E-state index contributed by atoms with van der Waals surface area (Å²) in [5, 5.41) is 0. The van der Waals surface area contributed by atoms with E-state index in [1.807, 2.05) is 25.1 Å². The minimum Gasteiger partial charge on any atom is -0.466 e. The van der Waals surface area contributed by atoms with Gasteiger partial charge in [0.05, 0.1) is 12.5 Å². The van der Waals surface area contributed by atoms with Crippen molar-refractivity contribution >= 4 is 14.0 Å². The maximum absolute atomic E-state index is 12.4. The molecule has 0 bridgehead atoms. The number of hydrogen-bond acceptors (Lipinski definition) is 2. The van der Waals surface area contributed by atoms with Crippen LogP contribution in [0.4, 0.5) is 0 Å². The quantitative estimate of drug-likeness (QED) is 0.436. The Labute approximate surface area is 157 Å². The number of carbonyl (C=O) groups excluding carboxylic acids is 1. The number of benzene rings is 2. The molecular formula is C23H26O2Si. The molecule has 1 aliphatic rings. The molecule has 0 spiro atoms. The molecule has 3 atom stereocenters. The zero-order valence-electron chi connectivity index (χ0n) is 16.0. The van der Waals surface area contributed by atoms with E-state index in [2.05, 4.69) is 67.5 Å². The largest absolute Gasteiger partial charge is 0.466 e. The first-order valence-electron chi connectivity index (χ1n) is 9.25. The molecule has 0 N–H and O–H groups in total. The van der Waals surface area contributed by atoms with Crippen LogP contribution in [-0.2, 0) is 9.53 Å². The Morgan fingerprint density at radius 3 is 2.08 bits per heavy atom. The van der Waals surface area contributed by atoms with E-state index < -0.39 is 8.07 Å². The van der Waals surface area contributed by atoms with Gasteiger partial charge in [-0.15, -0.1) is 5.54 Å². The van der Waals surface area contributed by atoms with Crippen molar-refractivity contribution in [3.05, 3.63) is 71.3 Å². The van der Waals surface area contributed by atoms with Crippen LogP contribution in [0.3, 0.4) is 0 Å². The molecule has 26 heavy (non-hydrogen) atoms. The van der Waals surface area contributed by atoms with Gasteiger partial charge in [0.15, 0.2) is 0 Å². The molecule has 0 amide bonds. The minimum absolute atomic E-state index is 0.0868. The lowest BCUT2D eigenvalue weighted by atomic mass is 10.0. The minimum atomic E-state index is -1.38. The third-order valence-corrected chi connectivity index (χ3v) is 5.52. The van der Waals surface area contributed by atoms with Crippen molar-refractivity contribution in [1.82, 2.24) is 0 Å². The molecule has 2 nitrogen and oxygen atoms in total. The van der Waals surface area contributed by atoms with Crippen molar-refractivity contribution in [3.8, 4) is 11.5 Å². The maximum atomic E-state index is 12.4. The first-order chi connectivity index (χ1) is 12.4. The van der Waals surface area contributed by atoms with Crippen molar-refractivity contribution in [2.45, 2.75) is 38.4 Å². The number of ether oxygens (including phenoxy) is 1. The topological polar surface area (TPSA) is 26.3 Å². The number of carbonyl (C=O) groups is 1. The Balaban J connectivity index is 1.84. The summed E-state index contributed by atoms with van der Waals surface area (Å²) in [7, 11) is -1.38. The van der Waals surface area contributed by atoms with E-state index in [-0.39, 0.29) is 23.7 Å². The highest BCUT2D eigenvalue weighted by molar-refractivity contribution is 6.83. The normalized spacial score (nSPS) is 21.5. The molecule has 0 saturated heterocycles. The van der Waals surface area contributed by atoms with Gasteiger partial charge in [0.1, 0.15) is 8.07 Å². The molecule has 3 rings (SSSR count). The predicted octanol–water partition coefficient (Wildman–Crippen LogP) is 4.98. The predicted molar refractivity (Wildman–Crippen MR) is 109 cm³/mol. The van der Waals surface area contributed by atoms with Crippen molar-refractivity contribution in [2.24, 2.45) is 5.92 Å². The number of hydrogen-bond donors (Lipinski definition) is 0. The van der Waals surface area contributed by atoms with Crippen LogP contribution in [-0.4, -0.2) is 20.7 Å². The van der Waals surface area contributed by atoms with E-state index in [0.29, 0.717) is 6.61 Å². The molecule has 0 radical (unpaired) electrons. The van der Waals surface area contributed by atoms with Gasteiger partial charge >= 0.3 is 5.97 Å². The van der Waals surface area contributed by atoms with Crippen LogP contribution >= 0.6 is 0 Å². The Morgan fingerprint density at radius 1 is 0.962 bits per heavy atom.